The van der Waals surface area contributed by atoms with Gasteiger partial charge in [-0.25, -0.2) is 15.8 Å². The summed E-state index contributed by atoms with van der Waals surface area (Å²) in [5.74, 6) is 6.62. The Kier molecular flexibility index (Phi) is 8.02. The third-order valence-electron chi connectivity index (χ3n) is 2.41. The molecule has 1 aromatic rings. The predicted octanol–water partition coefficient (Wildman–Crippen LogP) is -0.527. The van der Waals surface area contributed by atoms with Crippen molar-refractivity contribution in [2.75, 3.05) is 44.2 Å². The molecular weight excluding hydrogens is 276 g/mol. The minimum Gasteiger partial charge on any atom is -0.383 e. The molecule has 0 aromatic carbocycles. The van der Waals surface area contributed by atoms with Gasteiger partial charge in [-0.1, -0.05) is 0 Å². The van der Waals surface area contributed by atoms with Crippen LogP contribution in [-0.2, 0) is 20.9 Å². The summed E-state index contributed by atoms with van der Waals surface area (Å²) in [4.78, 5) is 20.0. The highest BCUT2D eigenvalue weighted by atomic mass is 16.5. The molecule has 1 aromatic heterocycles. The number of carbonyl (C=O) groups is 1. The average Bonchev–Trinajstić information content (AvgIpc) is 2.51. The Morgan fingerprint density at radius 1 is 1.38 bits per heavy atom. The highest BCUT2D eigenvalue weighted by Crippen LogP contribution is 2.10. The molecule has 0 atom stereocenters. The molecule has 5 N–H and O–H groups in total. The lowest BCUT2D eigenvalue weighted by molar-refractivity contribution is -0.119. The fourth-order valence-corrected chi connectivity index (χ4v) is 1.45. The minimum absolute atomic E-state index is 0.0960. The number of amides is 1. The summed E-state index contributed by atoms with van der Waals surface area (Å²) < 4.78 is 10.1. The number of nitrogens with one attached hydrogen (secondary N) is 3. The molecule has 0 bridgehead atoms. The van der Waals surface area contributed by atoms with E-state index in [-0.39, 0.29) is 19.1 Å². The van der Waals surface area contributed by atoms with Crippen LogP contribution in [0.2, 0.25) is 0 Å². The Bertz CT molecular complexity index is 443. The molecule has 9 heteroatoms. The lowest BCUT2D eigenvalue weighted by atomic mass is 10.4. The number of anilines is 2. The smallest absolute Gasteiger partial charge is 0.239 e. The van der Waals surface area contributed by atoms with Gasteiger partial charge in [-0.05, 0) is 6.92 Å². The van der Waals surface area contributed by atoms with Gasteiger partial charge in [0.15, 0.2) is 5.82 Å². The van der Waals surface area contributed by atoms with Crippen molar-refractivity contribution in [2.45, 2.75) is 13.5 Å². The van der Waals surface area contributed by atoms with Crippen LogP contribution in [0.1, 0.15) is 12.7 Å². The zero-order valence-corrected chi connectivity index (χ0v) is 12.3. The molecule has 1 amide bonds. The summed E-state index contributed by atoms with van der Waals surface area (Å²) in [7, 11) is 1.58. The van der Waals surface area contributed by atoms with Crippen molar-refractivity contribution in [3.8, 4) is 0 Å². The first-order chi connectivity index (χ1) is 10.2. The summed E-state index contributed by atoms with van der Waals surface area (Å²) >= 11 is 0. The Hall–Kier alpha value is -1.97. The molecule has 0 saturated carbocycles. The van der Waals surface area contributed by atoms with Gasteiger partial charge in [-0.15, -0.1) is 0 Å². The number of nitrogens with zero attached hydrogens (tertiary/aromatic N) is 2. The standard InChI is InChI=1S/C12H22N6O3/c1-3-21-8-11-16-9(6-10(17-11)18-13)15-7-12(19)14-4-5-20-2/h6H,3-5,7-8,13H2,1-2H3,(H,14,19)(H2,15,16,17,18). The number of hydrogen-bond acceptors (Lipinski definition) is 8. The molecule has 1 rings (SSSR count). The first-order valence-electron chi connectivity index (χ1n) is 6.61. The maximum Gasteiger partial charge on any atom is 0.239 e. The number of nitrogen functional groups attached to an aromatic ring is 1. The molecule has 21 heavy (non-hydrogen) atoms. The molecule has 1 heterocycles. The zero-order chi connectivity index (χ0) is 15.5. The van der Waals surface area contributed by atoms with Crippen LogP contribution in [-0.4, -0.2) is 49.3 Å². The number of aromatic nitrogens is 2. The number of carbonyl (C=O) groups excluding carboxylic acids is 1. The van der Waals surface area contributed by atoms with Crippen molar-refractivity contribution < 1.29 is 14.3 Å². The summed E-state index contributed by atoms with van der Waals surface area (Å²) in [5, 5.41) is 5.60. The molecule has 0 aliphatic rings. The van der Waals surface area contributed by atoms with Crippen molar-refractivity contribution in [1.29, 1.82) is 0 Å². The fraction of sp³-hybridized carbons (Fsp3) is 0.583. The highest BCUT2D eigenvalue weighted by Gasteiger charge is 2.06. The Balaban J connectivity index is 2.54. The van der Waals surface area contributed by atoms with Crippen molar-refractivity contribution >= 4 is 17.5 Å². The number of ether oxygens (including phenoxy) is 2. The van der Waals surface area contributed by atoms with Gasteiger partial charge in [-0.3, -0.25) is 4.79 Å². The van der Waals surface area contributed by atoms with Crippen LogP contribution in [0.4, 0.5) is 11.6 Å². The van der Waals surface area contributed by atoms with E-state index in [0.29, 0.717) is 37.2 Å². The van der Waals surface area contributed by atoms with Crippen LogP contribution >= 0.6 is 0 Å². The van der Waals surface area contributed by atoms with E-state index in [2.05, 4.69) is 26.0 Å². The van der Waals surface area contributed by atoms with Gasteiger partial charge >= 0.3 is 0 Å². The largest absolute Gasteiger partial charge is 0.383 e. The quantitative estimate of drug-likeness (QED) is 0.258. The van der Waals surface area contributed by atoms with Gasteiger partial charge in [0.25, 0.3) is 0 Å². The van der Waals surface area contributed by atoms with Crippen LogP contribution in [0.25, 0.3) is 0 Å². The van der Waals surface area contributed by atoms with Crippen LogP contribution in [0.3, 0.4) is 0 Å². The Morgan fingerprint density at radius 2 is 2.14 bits per heavy atom. The van der Waals surface area contributed by atoms with Crippen LogP contribution in [0, 0.1) is 0 Å². The minimum atomic E-state index is -0.153. The number of rotatable bonds is 10. The maximum atomic E-state index is 11.6. The third-order valence-corrected chi connectivity index (χ3v) is 2.41. The molecule has 118 valence electrons. The lowest BCUT2D eigenvalue weighted by Gasteiger charge is -2.10. The first-order valence-corrected chi connectivity index (χ1v) is 6.61. The van der Waals surface area contributed by atoms with Crippen molar-refractivity contribution in [3.63, 3.8) is 0 Å². The van der Waals surface area contributed by atoms with Crippen molar-refractivity contribution in [1.82, 2.24) is 15.3 Å². The second-order valence-corrected chi connectivity index (χ2v) is 4.03. The molecule has 0 radical (unpaired) electrons. The molecular formula is C12H22N6O3. The molecule has 0 unspecified atom stereocenters. The summed E-state index contributed by atoms with van der Waals surface area (Å²) in [6.45, 7) is 3.76. The number of hydrazine groups is 1. The molecule has 9 nitrogen and oxygen atoms in total. The summed E-state index contributed by atoms with van der Waals surface area (Å²) in [5.41, 5.74) is 2.45. The Morgan fingerprint density at radius 3 is 2.81 bits per heavy atom. The first kappa shape index (κ1) is 17.1. The van der Waals surface area contributed by atoms with E-state index in [0.717, 1.165) is 0 Å². The van der Waals surface area contributed by atoms with Gasteiger partial charge in [-0.2, -0.15) is 0 Å². The number of hydrogen-bond donors (Lipinski definition) is 4. The molecule has 0 saturated heterocycles. The molecule has 0 aliphatic carbocycles. The van der Waals surface area contributed by atoms with E-state index in [4.69, 9.17) is 15.3 Å². The van der Waals surface area contributed by atoms with Crippen LogP contribution in [0.15, 0.2) is 6.07 Å². The number of methoxy groups -OCH3 is 1. The SMILES string of the molecule is CCOCc1nc(NN)cc(NCC(=O)NCCOC)n1. The Labute approximate surface area is 123 Å². The molecule has 0 spiro atoms. The van der Waals surface area contributed by atoms with Gasteiger partial charge in [0.1, 0.15) is 18.2 Å². The molecule has 0 fully saturated rings. The van der Waals surface area contributed by atoms with E-state index in [1.165, 1.54) is 0 Å². The second kappa shape index (κ2) is 9.86. The zero-order valence-electron chi connectivity index (χ0n) is 12.3. The van der Waals surface area contributed by atoms with E-state index < -0.39 is 0 Å². The number of nitrogens with two attached hydrogens (primary N) is 1. The maximum absolute atomic E-state index is 11.6. The second-order valence-electron chi connectivity index (χ2n) is 4.03. The lowest BCUT2D eigenvalue weighted by Crippen LogP contribution is -2.32. The van der Waals surface area contributed by atoms with E-state index >= 15 is 0 Å². The van der Waals surface area contributed by atoms with Crippen molar-refractivity contribution in [2.24, 2.45) is 5.84 Å². The fourth-order valence-electron chi connectivity index (χ4n) is 1.45. The van der Waals surface area contributed by atoms with Crippen LogP contribution < -0.4 is 21.9 Å². The summed E-state index contributed by atoms with van der Waals surface area (Å²) in [6.07, 6.45) is 0. The topological polar surface area (TPSA) is 123 Å². The van der Waals surface area contributed by atoms with Gasteiger partial charge < -0.3 is 25.5 Å². The highest BCUT2D eigenvalue weighted by molar-refractivity contribution is 5.80. The van der Waals surface area contributed by atoms with Crippen LogP contribution in [0.5, 0.6) is 0 Å². The monoisotopic (exact) mass is 298 g/mol. The van der Waals surface area contributed by atoms with E-state index in [1.54, 1.807) is 13.2 Å². The van der Waals surface area contributed by atoms with Gasteiger partial charge in [0, 0.05) is 26.3 Å². The molecule has 0 aliphatic heterocycles. The predicted molar refractivity (Wildman–Crippen MR) is 78.5 cm³/mol. The normalized spacial score (nSPS) is 10.2. The average molecular weight is 298 g/mol. The van der Waals surface area contributed by atoms with Gasteiger partial charge in [0.2, 0.25) is 5.91 Å². The van der Waals surface area contributed by atoms with E-state index in [1.807, 2.05) is 6.92 Å². The van der Waals surface area contributed by atoms with E-state index in [9.17, 15) is 4.79 Å². The van der Waals surface area contributed by atoms with Gasteiger partial charge in [0.05, 0.1) is 13.2 Å². The third kappa shape index (κ3) is 6.84. The summed E-state index contributed by atoms with van der Waals surface area (Å²) in [6, 6.07) is 1.61. The van der Waals surface area contributed by atoms with Crippen molar-refractivity contribution in [3.05, 3.63) is 11.9 Å².